The van der Waals surface area contributed by atoms with Gasteiger partial charge >= 0.3 is 11.1 Å². The van der Waals surface area contributed by atoms with E-state index >= 15 is 0 Å². The zero-order chi connectivity index (χ0) is 49.2. The van der Waals surface area contributed by atoms with Crippen LogP contribution in [0.2, 0.25) is 0 Å². The zero-order valence-corrected chi connectivity index (χ0v) is 39.5. The number of hydrogen-bond donors (Lipinski definition) is 0. The van der Waals surface area contributed by atoms with Crippen LogP contribution in [0.15, 0.2) is 58.4 Å². The first-order valence-electron chi connectivity index (χ1n) is 22.3. The fourth-order valence-electron chi connectivity index (χ4n) is 8.02. The molecule has 0 amide bonds. The summed E-state index contributed by atoms with van der Waals surface area (Å²) < 4.78 is 147. The summed E-state index contributed by atoms with van der Waals surface area (Å²) in [6.45, 7) is 7.93. The van der Waals surface area contributed by atoms with Crippen molar-refractivity contribution in [1.29, 1.82) is 0 Å². The normalized spacial score (nSPS) is 21.2. The van der Waals surface area contributed by atoms with Gasteiger partial charge in [0, 0.05) is 64.5 Å². The highest BCUT2D eigenvalue weighted by Crippen LogP contribution is 2.40. The van der Waals surface area contributed by atoms with Gasteiger partial charge in [-0.3, -0.25) is 18.4 Å². The van der Waals surface area contributed by atoms with E-state index < -0.39 is 78.3 Å². The van der Waals surface area contributed by atoms with E-state index in [9.17, 15) is 52.8 Å². The minimum absolute atomic E-state index is 0.0153. The third kappa shape index (κ3) is 11.3. The zero-order valence-electron chi connectivity index (χ0n) is 37.9. The predicted octanol–water partition coefficient (Wildman–Crippen LogP) is 4.71. The summed E-state index contributed by atoms with van der Waals surface area (Å²) in [6, 6.07) is 5.31. The van der Waals surface area contributed by atoms with E-state index in [2.05, 4.69) is 10.2 Å². The first-order chi connectivity index (χ1) is 32.2. The van der Waals surface area contributed by atoms with Crippen molar-refractivity contribution in [2.24, 2.45) is 23.7 Å². The Labute approximate surface area is 390 Å². The molecule has 2 aliphatic carbocycles. The molecule has 2 aliphatic heterocycles. The number of sulfonamides is 2. The fourth-order valence-corrected chi connectivity index (χ4v) is 10.6. The van der Waals surface area contributed by atoms with Gasteiger partial charge < -0.3 is 19.3 Å². The molecule has 2 saturated carbocycles. The van der Waals surface area contributed by atoms with Crippen LogP contribution in [0, 0.1) is 46.9 Å². The first-order valence-corrected chi connectivity index (χ1v) is 25.3. The molecule has 0 N–H and O–H groups in total. The van der Waals surface area contributed by atoms with Crippen molar-refractivity contribution in [3.8, 4) is 22.9 Å². The van der Waals surface area contributed by atoms with E-state index in [1.165, 1.54) is 21.0 Å². The molecule has 0 radical (unpaired) electrons. The minimum atomic E-state index is -3.41. The van der Waals surface area contributed by atoms with Crippen molar-refractivity contribution in [2.45, 2.75) is 51.0 Å². The molecule has 0 spiro atoms. The smallest absolute Gasteiger partial charge is 0.316 e. The third-order valence-corrected chi connectivity index (χ3v) is 17.1. The van der Waals surface area contributed by atoms with Gasteiger partial charge in [-0.1, -0.05) is 0 Å². The second-order valence-electron chi connectivity index (χ2n) is 17.8. The van der Waals surface area contributed by atoms with Gasteiger partial charge in [-0.25, -0.2) is 34.4 Å². The van der Waals surface area contributed by atoms with Gasteiger partial charge in [0.25, 0.3) is 0 Å². The lowest BCUT2D eigenvalue weighted by Gasteiger charge is -2.36. The molecule has 4 atom stereocenters. The summed E-state index contributed by atoms with van der Waals surface area (Å²) in [5.41, 5.74) is -0.900. The Morgan fingerprint density at radius 2 is 0.868 bits per heavy atom. The van der Waals surface area contributed by atoms with Crippen LogP contribution in [0.4, 0.5) is 37.7 Å². The first kappa shape index (κ1) is 50.7. The van der Waals surface area contributed by atoms with E-state index in [1.807, 2.05) is 0 Å². The molecule has 0 bridgehead atoms. The molecule has 8 rings (SSSR count). The molecule has 68 heavy (non-hydrogen) atoms. The highest BCUT2D eigenvalue weighted by atomic mass is 32.2. The third-order valence-electron chi connectivity index (χ3n) is 12.5. The molecular weight excluding hydrogens is 947 g/mol. The van der Waals surface area contributed by atoms with Crippen molar-refractivity contribution in [3.63, 3.8) is 0 Å². The van der Waals surface area contributed by atoms with Gasteiger partial charge in [0.2, 0.25) is 31.5 Å². The van der Waals surface area contributed by atoms with Crippen LogP contribution < -0.4 is 30.4 Å². The quantitative estimate of drug-likeness (QED) is 0.142. The van der Waals surface area contributed by atoms with Gasteiger partial charge in [-0.05, 0) is 88.5 Å². The highest BCUT2D eigenvalue weighted by molar-refractivity contribution is 7.90. The summed E-state index contributed by atoms with van der Waals surface area (Å²) in [5.74, 6) is -3.80. The maximum atomic E-state index is 13.7. The second kappa shape index (κ2) is 20.8. The number of benzene rings is 2. The van der Waals surface area contributed by atoms with E-state index in [1.54, 1.807) is 37.5 Å². The van der Waals surface area contributed by atoms with Crippen LogP contribution in [0.25, 0.3) is 11.4 Å². The number of hydrogen-bond acceptors (Lipinski definition) is 12. The Morgan fingerprint density at radius 1 is 0.544 bits per heavy atom. The average Bonchev–Trinajstić information content (AvgIpc) is 4.24. The van der Waals surface area contributed by atoms with E-state index in [0.29, 0.717) is 62.5 Å². The van der Waals surface area contributed by atoms with Crippen molar-refractivity contribution in [2.75, 3.05) is 88.7 Å². The number of rotatable bonds is 16. The van der Waals surface area contributed by atoms with Crippen molar-refractivity contribution >= 4 is 31.4 Å². The number of anilines is 2. The van der Waals surface area contributed by atoms with E-state index in [-0.39, 0.29) is 85.9 Å². The van der Waals surface area contributed by atoms with Gasteiger partial charge in [-0.15, -0.1) is 0 Å². The molecular formula is C44H54F6N8O8S2. The Hall–Kier alpha value is -5.20. The topological polar surface area (TPSA) is 169 Å². The number of aromatic nitrogens is 4. The molecule has 2 aromatic heterocycles. The molecule has 372 valence electrons. The van der Waals surface area contributed by atoms with E-state index in [0.717, 1.165) is 33.6 Å². The summed E-state index contributed by atoms with van der Waals surface area (Å²) in [7, 11) is -6.82. The number of piperazine rings is 2. The van der Waals surface area contributed by atoms with Crippen LogP contribution in [-0.4, -0.2) is 134 Å². The monoisotopic (exact) mass is 1000 g/mol. The molecule has 4 fully saturated rings. The minimum Gasteiger partial charge on any atom is -0.486 e. The lowest BCUT2D eigenvalue weighted by atomic mass is 10.2. The van der Waals surface area contributed by atoms with Gasteiger partial charge in [0.15, 0.2) is 0 Å². The molecule has 4 aliphatic rings. The maximum Gasteiger partial charge on any atom is 0.316 e. The Kier molecular flexibility index (Phi) is 15.5. The summed E-state index contributed by atoms with van der Waals surface area (Å²) in [6.07, 6.45) is 4.05. The van der Waals surface area contributed by atoms with Gasteiger partial charge in [0.05, 0.1) is 60.8 Å². The van der Waals surface area contributed by atoms with Gasteiger partial charge in [0.1, 0.15) is 34.6 Å². The number of alkyl halides is 2. The Bertz CT molecular complexity index is 2570. The van der Waals surface area contributed by atoms with E-state index in [4.69, 9.17) is 9.47 Å². The molecule has 4 aromatic rings. The molecule has 4 heterocycles. The van der Waals surface area contributed by atoms with Crippen LogP contribution in [-0.2, 0) is 20.0 Å². The number of ether oxygens (including phenoxy) is 2. The average molecular weight is 1000 g/mol. The van der Waals surface area contributed by atoms with Gasteiger partial charge in [-0.2, -0.15) is 28.2 Å². The van der Waals surface area contributed by atoms with Crippen LogP contribution >= 0.6 is 0 Å². The second-order valence-corrected chi connectivity index (χ2v) is 22.8. The number of nitrogens with zero attached hydrogens (tertiary/aromatic N) is 8. The summed E-state index contributed by atoms with van der Waals surface area (Å²) >= 11 is 0. The van der Waals surface area contributed by atoms with Crippen molar-refractivity contribution in [1.82, 2.24) is 28.2 Å². The lowest BCUT2D eigenvalue weighted by molar-refractivity contribution is 0.278. The molecule has 0 unspecified atom stereocenters. The summed E-state index contributed by atoms with van der Waals surface area (Å²) in [4.78, 5) is 30.1. The largest absolute Gasteiger partial charge is 0.486 e. The molecule has 2 aromatic carbocycles. The standard InChI is InChI=1S/2C22H27F3N4O4S/c2*1-14(2)34(31,32)28-5-3-27(4-6-28)20-12-26-29(19-9-17(24)8-18(25)10-19)22(30)21(20)33-13-16-7-15(16)11-23/h2*8-10,12,14-16H,3-7,11,13H2,1-2H3/t2*15-,16-/m11/s1. The van der Waals surface area contributed by atoms with Crippen LogP contribution in [0.5, 0.6) is 11.5 Å². The number of halogens is 6. The lowest BCUT2D eigenvalue weighted by Crippen LogP contribution is -2.50. The Balaban J connectivity index is 0.000000201. The molecule has 16 nitrogen and oxygen atoms in total. The molecule has 2 saturated heterocycles. The van der Waals surface area contributed by atoms with Crippen LogP contribution in [0.1, 0.15) is 40.5 Å². The SMILES string of the molecule is CC(C)S(=O)(=O)N1CCN(c2cnn(-c3cc(F)cc(F)c3)c(=O)c2OC[C@H]2C[C@@H]2CF)CC1.CC(C)S(=O)(=O)N1CCN(c2cnn(-c3cc(F)cc(F)c3)c(=O)c2OC[C@H]2C[C@@H]2CF)CC1. The van der Waals surface area contributed by atoms with Crippen LogP contribution in [0.3, 0.4) is 0 Å². The van der Waals surface area contributed by atoms with Crippen molar-refractivity contribution < 1.29 is 52.7 Å². The fraction of sp³-hybridized carbons (Fsp3) is 0.545. The van der Waals surface area contributed by atoms with Crippen molar-refractivity contribution in [3.05, 3.63) is 92.8 Å². The predicted molar refractivity (Wildman–Crippen MR) is 241 cm³/mol. The summed E-state index contributed by atoms with van der Waals surface area (Å²) in [5, 5.41) is 7.10. The maximum absolute atomic E-state index is 13.7. The molecule has 24 heteroatoms. The highest BCUT2D eigenvalue weighted by Gasteiger charge is 2.40. The Morgan fingerprint density at radius 3 is 1.15 bits per heavy atom.